The van der Waals surface area contributed by atoms with Crippen molar-refractivity contribution < 1.29 is 5.11 Å². The van der Waals surface area contributed by atoms with Gasteiger partial charge in [0, 0.05) is 16.4 Å². The van der Waals surface area contributed by atoms with Crippen molar-refractivity contribution in [3.8, 4) is 5.75 Å². The molecule has 2 aromatic carbocycles. The molecule has 0 unspecified atom stereocenters. The molecule has 0 aromatic heterocycles. The molecule has 0 atom stereocenters. The summed E-state index contributed by atoms with van der Waals surface area (Å²) >= 11 is 0. The SMILES string of the molecule is C/C=C(\C=C/C(C)C)C(C)(C)c1cc(C(C)(C)c2ccccc2)cc(N)c1O. The third kappa shape index (κ3) is 4.32. The van der Waals surface area contributed by atoms with Crippen LogP contribution in [0.1, 0.15) is 65.2 Å². The highest BCUT2D eigenvalue weighted by Gasteiger charge is 2.31. The zero-order valence-electron chi connectivity index (χ0n) is 18.4. The fraction of sp³-hybridized carbons (Fsp3) is 0.385. The minimum absolute atomic E-state index is 0.176. The average molecular weight is 378 g/mol. The van der Waals surface area contributed by atoms with Crippen molar-refractivity contribution >= 4 is 5.69 Å². The molecule has 0 amide bonds. The number of benzene rings is 2. The molecule has 0 bridgehead atoms. The van der Waals surface area contributed by atoms with Crippen molar-refractivity contribution in [3.63, 3.8) is 0 Å². The lowest BCUT2D eigenvalue weighted by atomic mass is 9.72. The summed E-state index contributed by atoms with van der Waals surface area (Å²) in [6, 6.07) is 14.4. The van der Waals surface area contributed by atoms with Crippen LogP contribution in [-0.2, 0) is 10.8 Å². The Balaban J connectivity index is 2.63. The Kier molecular flexibility index (Phi) is 6.44. The normalized spacial score (nSPS) is 13.5. The Bertz CT molecular complexity index is 871. The molecule has 0 aliphatic heterocycles. The number of phenols is 1. The van der Waals surface area contributed by atoms with Crippen LogP contribution in [0.4, 0.5) is 5.69 Å². The van der Waals surface area contributed by atoms with Crippen LogP contribution in [0.15, 0.2) is 66.3 Å². The highest BCUT2D eigenvalue weighted by atomic mass is 16.3. The third-order valence-electron chi connectivity index (χ3n) is 5.72. The number of allylic oxidation sites excluding steroid dienone is 4. The summed E-state index contributed by atoms with van der Waals surface area (Å²) in [6.45, 7) is 15.0. The van der Waals surface area contributed by atoms with E-state index < -0.39 is 0 Å². The topological polar surface area (TPSA) is 46.2 Å². The van der Waals surface area contributed by atoms with Gasteiger partial charge >= 0.3 is 0 Å². The number of nitrogen functional groups attached to an aromatic ring is 1. The van der Waals surface area contributed by atoms with Gasteiger partial charge in [0.05, 0.1) is 5.69 Å². The molecule has 0 spiro atoms. The Morgan fingerprint density at radius 3 is 2.14 bits per heavy atom. The van der Waals surface area contributed by atoms with E-state index in [9.17, 15) is 5.11 Å². The van der Waals surface area contributed by atoms with E-state index in [-0.39, 0.29) is 16.6 Å². The Labute approximate surface area is 170 Å². The number of hydrogen-bond acceptors (Lipinski definition) is 2. The van der Waals surface area contributed by atoms with Crippen molar-refractivity contribution in [2.24, 2.45) is 5.92 Å². The molecule has 0 aliphatic rings. The maximum absolute atomic E-state index is 10.8. The van der Waals surface area contributed by atoms with Crippen LogP contribution in [0.2, 0.25) is 0 Å². The first-order valence-corrected chi connectivity index (χ1v) is 10.1. The molecule has 2 heteroatoms. The van der Waals surface area contributed by atoms with Crippen molar-refractivity contribution in [2.45, 2.75) is 59.3 Å². The molecule has 28 heavy (non-hydrogen) atoms. The fourth-order valence-electron chi connectivity index (χ4n) is 3.63. The van der Waals surface area contributed by atoms with Crippen molar-refractivity contribution in [3.05, 3.63) is 83.0 Å². The first-order chi connectivity index (χ1) is 13.0. The van der Waals surface area contributed by atoms with Gasteiger partial charge in [0.25, 0.3) is 0 Å². The number of hydrogen-bond donors (Lipinski definition) is 2. The maximum Gasteiger partial charge on any atom is 0.142 e. The molecular formula is C26H35NO. The molecule has 0 fully saturated rings. The van der Waals surface area contributed by atoms with Crippen LogP contribution < -0.4 is 5.73 Å². The maximum atomic E-state index is 10.8. The summed E-state index contributed by atoms with van der Waals surface area (Å²) in [5.74, 6) is 0.641. The molecule has 2 nitrogen and oxygen atoms in total. The molecular weight excluding hydrogens is 342 g/mol. The molecule has 0 radical (unpaired) electrons. The predicted molar refractivity (Wildman–Crippen MR) is 122 cm³/mol. The number of aromatic hydroxyl groups is 1. The summed E-state index contributed by atoms with van der Waals surface area (Å²) in [6.07, 6.45) is 6.47. The second kappa shape index (κ2) is 8.26. The summed E-state index contributed by atoms with van der Waals surface area (Å²) in [5, 5.41) is 10.8. The van der Waals surface area contributed by atoms with Crippen LogP contribution in [0, 0.1) is 5.92 Å². The number of anilines is 1. The number of rotatable bonds is 6. The van der Waals surface area contributed by atoms with Gasteiger partial charge in [-0.25, -0.2) is 0 Å². The lowest BCUT2D eigenvalue weighted by molar-refractivity contribution is 0.454. The standard InChI is InChI=1S/C26H35NO/c1-8-19(15-14-18(2)3)26(6,7)22-16-21(17-23(27)24(22)28)25(4,5)20-12-10-9-11-13-20/h8-18,28H,27H2,1-7H3/b15-14-,19-8+. The third-order valence-corrected chi connectivity index (χ3v) is 5.72. The van der Waals surface area contributed by atoms with E-state index in [1.807, 2.05) is 19.1 Å². The minimum Gasteiger partial charge on any atom is -0.505 e. The van der Waals surface area contributed by atoms with Gasteiger partial charge in [-0.2, -0.15) is 0 Å². The second-order valence-electron chi connectivity index (χ2n) is 8.92. The summed E-state index contributed by atoms with van der Waals surface area (Å²) < 4.78 is 0. The first-order valence-electron chi connectivity index (χ1n) is 10.1. The largest absolute Gasteiger partial charge is 0.505 e. The highest BCUT2D eigenvalue weighted by molar-refractivity contribution is 5.64. The summed E-state index contributed by atoms with van der Waals surface area (Å²) in [4.78, 5) is 0. The molecule has 0 aliphatic carbocycles. The van der Waals surface area contributed by atoms with Crippen LogP contribution >= 0.6 is 0 Å². The molecule has 0 heterocycles. The van der Waals surface area contributed by atoms with E-state index in [1.54, 1.807) is 0 Å². The summed E-state index contributed by atoms with van der Waals surface area (Å²) in [5.41, 5.74) is 10.4. The van der Waals surface area contributed by atoms with Crippen molar-refractivity contribution in [1.29, 1.82) is 0 Å². The second-order valence-corrected chi connectivity index (χ2v) is 8.92. The Morgan fingerprint density at radius 1 is 1.00 bits per heavy atom. The van der Waals surface area contributed by atoms with Crippen LogP contribution in [0.25, 0.3) is 0 Å². The minimum atomic E-state index is -0.374. The van der Waals surface area contributed by atoms with Gasteiger partial charge in [-0.3, -0.25) is 0 Å². The van der Waals surface area contributed by atoms with Crippen LogP contribution in [0.5, 0.6) is 5.75 Å². The summed E-state index contributed by atoms with van der Waals surface area (Å²) in [7, 11) is 0. The van der Waals surface area contributed by atoms with Crippen molar-refractivity contribution in [2.75, 3.05) is 5.73 Å². The molecule has 0 saturated carbocycles. The van der Waals surface area contributed by atoms with E-state index >= 15 is 0 Å². The van der Waals surface area contributed by atoms with Gasteiger partial charge in [0.1, 0.15) is 5.75 Å². The van der Waals surface area contributed by atoms with Gasteiger partial charge < -0.3 is 10.8 Å². The van der Waals surface area contributed by atoms with Crippen molar-refractivity contribution in [1.82, 2.24) is 0 Å². The van der Waals surface area contributed by atoms with E-state index in [1.165, 1.54) is 5.56 Å². The van der Waals surface area contributed by atoms with Gasteiger partial charge in [0.2, 0.25) is 0 Å². The highest BCUT2D eigenvalue weighted by Crippen LogP contribution is 2.44. The first kappa shape index (κ1) is 21.8. The van der Waals surface area contributed by atoms with Gasteiger partial charge in [0.15, 0.2) is 0 Å². The molecule has 2 rings (SSSR count). The van der Waals surface area contributed by atoms with E-state index in [0.717, 1.165) is 16.7 Å². The van der Waals surface area contributed by atoms with Crippen LogP contribution in [-0.4, -0.2) is 5.11 Å². The fourth-order valence-corrected chi connectivity index (χ4v) is 3.63. The average Bonchev–Trinajstić information content (AvgIpc) is 2.64. The Morgan fingerprint density at radius 2 is 1.61 bits per heavy atom. The van der Waals surface area contributed by atoms with Gasteiger partial charge in [-0.05, 0) is 35.6 Å². The van der Waals surface area contributed by atoms with Crippen LogP contribution in [0.3, 0.4) is 0 Å². The van der Waals surface area contributed by atoms with Gasteiger partial charge in [-0.1, -0.05) is 96.2 Å². The lowest BCUT2D eigenvalue weighted by Gasteiger charge is -2.32. The molecule has 150 valence electrons. The molecule has 0 saturated heterocycles. The monoisotopic (exact) mass is 377 g/mol. The smallest absolute Gasteiger partial charge is 0.142 e. The van der Waals surface area contributed by atoms with E-state index in [4.69, 9.17) is 5.73 Å². The zero-order valence-corrected chi connectivity index (χ0v) is 18.4. The predicted octanol–water partition coefficient (Wildman–Crippen LogP) is 6.74. The number of phenolic OH excluding ortho intramolecular Hbond substituents is 1. The Hall–Kier alpha value is -2.48. The number of nitrogens with two attached hydrogens (primary N) is 1. The van der Waals surface area contributed by atoms with E-state index in [0.29, 0.717) is 11.6 Å². The van der Waals surface area contributed by atoms with E-state index in [2.05, 4.69) is 90.1 Å². The molecule has 2 aromatic rings. The van der Waals surface area contributed by atoms with Gasteiger partial charge in [-0.15, -0.1) is 0 Å². The lowest BCUT2D eigenvalue weighted by Crippen LogP contribution is -2.24. The quantitative estimate of drug-likeness (QED) is 0.333. The zero-order chi connectivity index (χ0) is 21.1. The molecule has 3 N–H and O–H groups in total.